The number of methoxy groups -OCH3 is 1. The van der Waals surface area contributed by atoms with Crippen LogP contribution in [0.25, 0.3) is 11.1 Å². The van der Waals surface area contributed by atoms with Crippen molar-refractivity contribution in [1.82, 2.24) is 4.98 Å². The van der Waals surface area contributed by atoms with Gasteiger partial charge in [-0.2, -0.15) is 0 Å². The van der Waals surface area contributed by atoms with Gasteiger partial charge in [0.1, 0.15) is 11.3 Å². The van der Waals surface area contributed by atoms with E-state index in [0.29, 0.717) is 18.9 Å². The number of nitrogens with two attached hydrogens (primary N) is 1. The van der Waals surface area contributed by atoms with Crippen LogP contribution in [0.5, 0.6) is 5.75 Å². The second-order valence-corrected chi connectivity index (χ2v) is 2.98. The van der Waals surface area contributed by atoms with E-state index in [0.717, 1.165) is 16.8 Å². The number of hydrogen-bond donors (Lipinski definition) is 1. The number of hydrogen-bond acceptors (Lipinski definition) is 4. The third-order valence-corrected chi connectivity index (χ3v) is 2.00. The zero-order valence-corrected chi connectivity index (χ0v) is 7.99. The normalized spacial score (nSPS) is 10.7. The molecule has 1 heterocycles. The number of fused-ring (bicyclic) bond motifs is 1. The molecule has 2 N–H and O–H groups in total. The minimum atomic E-state index is 0.546. The monoisotopic (exact) mass is 192 g/mol. The zero-order valence-electron chi connectivity index (χ0n) is 7.99. The van der Waals surface area contributed by atoms with Crippen molar-refractivity contribution >= 4 is 11.1 Å². The summed E-state index contributed by atoms with van der Waals surface area (Å²) < 4.78 is 10.6. The van der Waals surface area contributed by atoms with Crippen molar-refractivity contribution in [1.29, 1.82) is 0 Å². The highest BCUT2D eigenvalue weighted by molar-refractivity contribution is 5.74. The molecular formula is C10H12N2O2. The first-order chi connectivity index (χ1) is 6.83. The maximum Gasteiger partial charge on any atom is 0.196 e. The standard InChI is InChI=1S/C10H12N2O2/c1-13-7-2-3-8-9(6-7)14-10(12-8)4-5-11/h2-3,6H,4-5,11H2,1H3. The van der Waals surface area contributed by atoms with E-state index in [-0.39, 0.29) is 0 Å². The van der Waals surface area contributed by atoms with E-state index >= 15 is 0 Å². The van der Waals surface area contributed by atoms with Gasteiger partial charge in [-0.25, -0.2) is 4.98 Å². The molecule has 0 aliphatic carbocycles. The van der Waals surface area contributed by atoms with E-state index in [1.807, 2.05) is 18.2 Å². The maximum absolute atomic E-state index is 5.48. The van der Waals surface area contributed by atoms with Gasteiger partial charge < -0.3 is 14.9 Å². The Bertz CT molecular complexity index is 437. The van der Waals surface area contributed by atoms with Crippen molar-refractivity contribution in [2.24, 2.45) is 5.73 Å². The molecule has 0 bridgehead atoms. The predicted molar refractivity (Wildman–Crippen MR) is 53.3 cm³/mol. The summed E-state index contributed by atoms with van der Waals surface area (Å²) in [7, 11) is 1.62. The molecule has 2 aromatic rings. The molecule has 0 amide bonds. The Morgan fingerprint density at radius 1 is 1.50 bits per heavy atom. The first-order valence-electron chi connectivity index (χ1n) is 4.47. The Morgan fingerprint density at radius 3 is 3.07 bits per heavy atom. The molecule has 74 valence electrons. The highest BCUT2D eigenvalue weighted by Gasteiger charge is 2.05. The molecule has 0 saturated heterocycles. The number of rotatable bonds is 3. The molecule has 0 saturated carbocycles. The van der Waals surface area contributed by atoms with E-state index in [2.05, 4.69) is 4.98 Å². The summed E-state index contributed by atoms with van der Waals surface area (Å²) in [4.78, 5) is 4.28. The zero-order chi connectivity index (χ0) is 9.97. The largest absolute Gasteiger partial charge is 0.497 e. The first-order valence-corrected chi connectivity index (χ1v) is 4.47. The van der Waals surface area contributed by atoms with Gasteiger partial charge >= 0.3 is 0 Å². The molecular weight excluding hydrogens is 180 g/mol. The molecule has 0 fully saturated rings. The van der Waals surface area contributed by atoms with Crippen LogP contribution < -0.4 is 10.5 Å². The van der Waals surface area contributed by atoms with E-state index in [9.17, 15) is 0 Å². The van der Waals surface area contributed by atoms with Crippen LogP contribution in [0.1, 0.15) is 5.89 Å². The van der Waals surface area contributed by atoms with Crippen molar-refractivity contribution in [3.8, 4) is 5.75 Å². The summed E-state index contributed by atoms with van der Waals surface area (Å²) in [6.45, 7) is 0.546. The van der Waals surface area contributed by atoms with Crippen LogP contribution >= 0.6 is 0 Å². The van der Waals surface area contributed by atoms with E-state index in [4.69, 9.17) is 14.9 Å². The highest BCUT2D eigenvalue weighted by Crippen LogP contribution is 2.21. The third kappa shape index (κ3) is 1.56. The number of benzene rings is 1. The van der Waals surface area contributed by atoms with Crippen LogP contribution in [0, 0.1) is 0 Å². The molecule has 1 aromatic heterocycles. The topological polar surface area (TPSA) is 61.3 Å². The molecule has 0 aliphatic rings. The summed E-state index contributed by atoms with van der Waals surface area (Å²) >= 11 is 0. The number of aromatic nitrogens is 1. The summed E-state index contributed by atoms with van der Waals surface area (Å²) in [5.74, 6) is 1.45. The molecule has 1 aromatic carbocycles. The lowest BCUT2D eigenvalue weighted by Gasteiger charge is -1.95. The Morgan fingerprint density at radius 2 is 2.36 bits per heavy atom. The second-order valence-electron chi connectivity index (χ2n) is 2.98. The summed E-state index contributed by atoms with van der Waals surface area (Å²) in [5, 5.41) is 0. The van der Waals surface area contributed by atoms with E-state index in [1.165, 1.54) is 0 Å². The van der Waals surface area contributed by atoms with E-state index in [1.54, 1.807) is 7.11 Å². The fraction of sp³-hybridized carbons (Fsp3) is 0.300. The number of ether oxygens (including phenoxy) is 1. The van der Waals surface area contributed by atoms with Crippen LogP contribution in [0.2, 0.25) is 0 Å². The van der Waals surface area contributed by atoms with Gasteiger partial charge in [-0.3, -0.25) is 0 Å². The lowest BCUT2D eigenvalue weighted by atomic mass is 10.3. The Kier molecular flexibility index (Phi) is 2.37. The van der Waals surface area contributed by atoms with Gasteiger partial charge in [0.25, 0.3) is 0 Å². The number of oxazole rings is 1. The minimum Gasteiger partial charge on any atom is -0.497 e. The molecule has 0 radical (unpaired) electrons. The van der Waals surface area contributed by atoms with Crippen molar-refractivity contribution < 1.29 is 9.15 Å². The molecule has 14 heavy (non-hydrogen) atoms. The van der Waals surface area contributed by atoms with Crippen LogP contribution in [0.4, 0.5) is 0 Å². The second kappa shape index (κ2) is 3.67. The molecule has 0 aliphatic heterocycles. The van der Waals surface area contributed by atoms with E-state index < -0.39 is 0 Å². The minimum absolute atomic E-state index is 0.546. The van der Waals surface area contributed by atoms with Gasteiger partial charge in [0, 0.05) is 19.0 Å². The van der Waals surface area contributed by atoms with Crippen LogP contribution in [0.15, 0.2) is 22.6 Å². The molecule has 0 spiro atoms. The molecule has 4 nitrogen and oxygen atoms in total. The lowest BCUT2D eigenvalue weighted by Crippen LogP contribution is -2.02. The smallest absolute Gasteiger partial charge is 0.196 e. The average molecular weight is 192 g/mol. The van der Waals surface area contributed by atoms with Crippen molar-refractivity contribution in [3.05, 3.63) is 24.1 Å². The van der Waals surface area contributed by atoms with Gasteiger partial charge in [0.15, 0.2) is 11.5 Å². The Balaban J connectivity index is 2.43. The van der Waals surface area contributed by atoms with Crippen molar-refractivity contribution in [2.45, 2.75) is 6.42 Å². The van der Waals surface area contributed by atoms with Crippen LogP contribution in [0.3, 0.4) is 0 Å². The quantitative estimate of drug-likeness (QED) is 0.797. The molecule has 2 rings (SSSR count). The summed E-state index contributed by atoms with van der Waals surface area (Å²) in [6.07, 6.45) is 0.664. The Labute approximate surface area is 81.7 Å². The van der Waals surface area contributed by atoms with Crippen LogP contribution in [-0.2, 0) is 6.42 Å². The summed E-state index contributed by atoms with van der Waals surface area (Å²) in [5.41, 5.74) is 7.00. The van der Waals surface area contributed by atoms with Crippen LogP contribution in [-0.4, -0.2) is 18.6 Å². The van der Waals surface area contributed by atoms with Crippen molar-refractivity contribution in [2.75, 3.05) is 13.7 Å². The third-order valence-electron chi connectivity index (χ3n) is 2.00. The maximum atomic E-state index is 5.48. The lowest BCUT2D eigenvalue weighted by molar-refractivity contribution is 0.414. The van der Waals surface area contributed by atoms with Gasteiger partial charge in [-0.15, -0.1) is 0 Å². The highest BCUT2D eigenvalue weighted by atomic mass is 16.5. The molecule has 0 unspecified atom stereocenters. The summed E-state index contributed by atoms with van der Waals surface area (Å²) in [6, 6.07) is 5.55. The van der Waals surface area contributed by atoms with Crippen molar-refractivity contribution in [3.63, 3.8) is 0 Å². The number of nitrogens with zero attached hydrogens (tertiary/aromatic N) is 1. The van der Waals surface area contributed by atoms with Gasteiger partial charge in [-0.05, 0) is 12.1 Å². The van der Waals surface area contributed by atoms with Gasteiger partial charge in [0.05, 0.1) is 7.11 Å². The first kappa shape index (κ1) is 9.02. The molecule has 4 heteroatoms. The fourth-order valence-electron chi connectivity index (χ4n) is 1.31. The predicted octanol–water partition coefficient (Wildman–Crippen LogP) is 1.34. The average Bonchev–Trinajstić information content (AvgIpc) is 2.59. The SMILES string of the molecule is COc1ccc2nc(CCN)oc2c1. The molecule has 0 atom stereocenters. The Hall–Kier alpha value is -1.55. The fourth-order valence-corrected chi connectivity index (χ4v) is 1.31. The van der Waals surface area contributed by atoms with Gasteiger partial charge in [-0.1, -0.05) is 0 Å². The van der Waals surface area contributed by atoms with Gasteiger partial charge in [0.2, 0.25) is 0 Å².